The van der Waals surface area contributed by atoms with E-state index in [1.54, 1.807) is 0 Å². The number of rotatable bonds is 5. The maximum atomic E-state index is 12.6. The van der Waals surface area contributed by atoms with E-state index in [0.717, 1.165) is 25.9 Å². The lowest BCUT2D eigenvalue weighted by atomic mass is 10.0. The minimum atomic E-state index is 0.127. The fraction of sp³-hybridized carbons (Fsp3) is 0.562. The summed E-state index contributed by atoms with van der Waals surface area (Å²) < 4.78 is 0. The minimum absolute atomic E-state index is 0.127. The number of nitrogens with zero attached hydrogens (tertiary/aromatic N) is 1. The number of hydrogen-bond acceptors (Lipinski definition) is 2. The van der Waals surface area contributed by atoms with E-state index >= 15 is 0 Å². The van der Waals surface area contributed by atoms with Crippen molar-refractivity contribution in [3.8, 4) is 0 Å². The lowest BCUT2D eigenvalue weighted by Gasteiger charge is -2.26. The summed E-state index contributed by atoms with van der Waals surface area (Å²) in [5.74, 6) is 0.786. The van der Waals surface area contributed by atoms with Crippen molar-refractivity contribution in [1.82, 2.24) is 4.90 Å². The molecule has 0 saturated carbocycles. The molecule has 1 aromatic rings. The number of fused-ring (bicyclic) bond motifs is 1. The van der Waals surface area contributed by atoms with E-state index in [0.29, 0.717) is 18.4 Å². The highest BCUT2D eigenvalue weighted by molar-refractivity contribution is 5.80. The summed E-state index contributed by atoms with van der Waals surface area (Å²) in [5.41, 5.74) is 8.33. The van der Waals surface area contributed by atoms with Gasteiger partial charge in [-0.25, -0.2) is 0 Å². The summed E-state index contributed by atoms with van der Waals surface area (Å²) in [5, 5.41) is 0. The average molecular weight is 260 g/mol. The number of benzene rings is 1. The molecule has 1 aliphatic carbocycles. The Bertz CT molecular complexity index is 419. The zero-order valence-corrected chi connectivity index (χ0v) is 11.9. The molecule has 1 amide bonds. The monoisotopic (exact) mass is 260 g/mol. The van der Waals surface area contributed by atoms with Crippen LogP contribution in [0.3, 0.4) is 0 Å². The van der Waals surface area contributed by atoms with Gasteiger partial charge in [0.2, 0.25) is 5.91 Å². The van der Waals surface area contributed by atoms with Gasteiger partial charge in [0, 0.05) is 19.0 Å². The molecule has 2 rings (SSSR count). The van der Waals surface area contributed by atoms with Crippen LogP contribution in [0.5, 0.6) is 0 Å². The van der Waals surface area contributed by atoms with Gasteiger partial charge in [0.25, 0.3) is 0 Å². The van der Waals surface area contributed by atoms with Crippen LogP contribution in [0.25, 0.3) is 0 Å². The van der Waals surface area contributed by atoms with Gasteiger partial charge in [0.05, 0.1) is 0 Å². The summed E-state index contributed by atoms with van der Waals surface area (Å²) in [6.07, 6.45) is 1.78. The standard InChI is InChI=1S/C16H24N2O/c1-3-18(11-12(2)10-17)16(19)15-8-13-6-4-5-7-14(13)9-15/h4-7,12,15H,3,8-11,17H2,1-2H3. The molecule has 1 atom stereocenters. The third-order valence-corrected chi connectivity index (χ3v) is 4.03. The molecule has 2 N–H and O–H groups in total. The van der Waals surface area contributed by atoms with Crippen molar-refractivity contribution in [2.24, 2.45) is 17.6 Å². The average Bonchev–Trinajstić information content (AvgIpc) is 2.87. The van der Waals surface area contributed by atoms with Crippen LogP contribution < -0.4 is 5.73 Å². The Morgan fingerprint density at radius 2 is 1.95 bits per heavy atom. The van der Waals surface area contributed by atoms with Gasteiger partial charge in [-0.3, -0.25) is 4.79 Å². The van der Waals surface area contributed by atoms with Gasteiger partial charge in [-0.2, -0.15) is 0 Å². The summed E-state index contributed by atoms with van der Waals surface area (Å²) >= 11 is 0. The molecule has 3 nitrogen and oxygen atoms in total. The highest BCUT2D eigenvalue weighted by atomic mass is 16.2. The van der Waals surface area contributed by atoms with E-state index in [9.17, 15) is 4.79 Å². The van der Waals surface area contributed by atoms with Crippen LogP contribution in [0.15, 0.2) is 24.3 Å². The second-order valence-electron chi connectivity index (χ2n) is 5.59. The molecule has 0 bridgehead atoms. The predicted molar refractivity (Wildman–Crippen MR) is 77.8 cm³/mol. The summed E-state index contributed by atoms with van der Waals surface area (Å²) in [6.45, 7) is 6.33. The van der Waals surface area contributed by atoms with E-state index < -0.39 is 0 Å². The molecule has 1 aromatic carbocycles. The Morgan fingerprint density at radius 1 is 1.37 bits per heavy atom. The summed E-state index contributed by atoms with van der Waals surface area (Å²) in [4.78, 5) is 14.5. The van der Waals surface area contributed by atoms with Crippen molar-refractivity contribution in [3.05, 3.63) is 35.4 Å². The van der Waals surface area contributed by atoms with Gasteiger partial charge in [0.15, 0.2) is 0 Å². The van der Waals surface area contributed by atoms with E-state index in [4.69, 9.17) is 5.73 Å². The van der Waals surface area contributed by atoms with E-state index in [2.05, 4.69) is 31.2 Å². The van der Waals surface area contributed by atoms with E-state index in [-0.39, 0.29) is 5.92 Å². The highest BCUT2D eigenvalue weighted by Crippen LogP contribution is 2.27. The van der Waals surface area contributed by atoms with E-state index in [1.165, 1.54) is 11.1 Å². The number of carbonyl (C=O) groups excluding carboxylic acids is 1. The second-order valence-corrected chi connectivity index (χ2v) is 5.59. The van der Waals surface area contributed by atoms with Gasteiger partial charge in [-0.05, 0) is 43.4 Å². The summed E-state index contributed by atoms with van der Waals surface area (Å²) in [7, 11) is 0. The molecule has 0 heterocycles. The normalized spacial score (nSPS) is 16.2. The molecular weight excluding hydrogens is 236 g/mol. The lowest BCUT2D eigenvalue weighted by Crippen LogP contribution is -2.40. The van der Waals surface area contributed by atoms with Crippen LogP contribution in [0.1, 0.15) is 25.0 Å². The van der Waals surface area contributed by atoms with Crippen LogP contribution in [0.2, 0.25) is 0 Å². The molecular formula is C16H24N2O. The predicted octanol–water partition coefficient (Wildman–Crippen LogP) is 1.84. The van der Waals surface area contributed by atoms with Gasteiger partial charge >= 0.3 is 0 Å². The first kappa shape index (κ1) is 14.1. The fourth-order valence-electron chi connectivity index (χ4n) is 2.82. The Kier molecular flexibility index (Phi) is 4.59. The molecule has 0 saturated heterocycles. The molecule has 1 aliphatic rings. The molecule has 19 heavy (non-hydrogen) atoms. The quantitative estimate of drug-likeness (QED) is 0.878. The van der Waals surface area contributed by atoms with Crippen molar-refractivity contribution in [2.75, 3.05) is 19.6 Å². The van der Waals surface area contributed by atoms with Gasteiger partial charge in [-0.15, -0.1) is 0 Å². The van der Waals surface area contributed by atoms with Crippen molar-refractivity contribution in [3.63, 3.8) is 0 Å². The third-order valence-electron chi connectivity index (χ3n) is 4.03. The first-order chi connectivity index (χ1) is 9.15. The molecule has 0 aromatic heterocycles. The number of amides is 1. The number of nitrogens with two attached hydrogens (primary N) is 1. The van der Waals surface area contributed by atoms with Crippen LogP contribution in [0.4, 0.5) is 0 Å². The summed E-state index contributed by atoms with van der Waals surface area (Å²) in [6, 6.07) is 8.39. The van der Waals surface area contributed by atoms with Gasteiger partial charge in [-0.1, -0.05) is 31.2 Å². The highest BCUT2D eigenvalue weighted by Gasteiger charge is 2.30. The van der Waals surface area contributed by atoms with Crippen LogP contribution >= 0.6 is 0 Å². The van der Waals surface area contributed by atoms with Crippen LogP contribution in [-0.4, -0.2) is 30.4 Å². The van der Waals surface area contributed by atoms with Crippen molar-refractivity contribution in [2.45, 2.75) is 26.7 Å². The maximum Gasteiger partial charge on any atom is 0.226 e. The number of hydrogen-bond donors (Lipinski definition) is 1. The topological polar surface area (TPSA) is 46.3 Å². The van der Waals surface area contributed by atoms with Crippen molar-refractivity contribution >= 4 is 5.91 Å². The number of carbonyl (C=O) groups is 1. The Labute approximate surface area is 115 Å². The molecule has 0 radical (unpaired) electrons. The Balaban J connectivity index is 2.01. The fourth-order valence-corrected chi connectivity index (χ4v) is 2.82. The van der Waals surface area contributed by atoms with Crippen LogP contribution in [-0.2, 0) is 17.6 Å². The zero-order chi connectivity index (χ0) is 13.8. The first-order valence-electron chi connectivity index (χ1n) is 7.21. The molecule has 0 aliphatic heterocycles. The van der Waals surface area contributed by atoms with Crippen molar-refractivity contribution in [1.29, 1.82) is 0 Å². The lowest BCUT2D eigenvalue weighted by molar-refractivity contribution is -0.135. The van der Waals surface area contributed by atoms with Gasteiger partial charge in [0.1, 0.15) is 0 Å². The third kappa shape index (κ3) is 3.16. The maximum absolute atomic E-state index is 12.6. The van der Waals surface area contributed by atoms with Crippen LogP contribution in [0, 0.1) is 11.8 Å². The Morgan fingerprint density at radius 3 is 2.42 bits per heavy atom. The largest absolute Gasteiger partial charge is 0.342 e. The van der Waals surface area contributed by atoms with Gasteiger partial charge < -0.3 is 10.6 Å². The molecule has 3 heteroatoms. The smallest absolute Gasteiger partial charge is 0.226 e. The minimum Gasteiger partial charge on any atom is -0.342 e. The Hall–Kier alpha value is -1.35. The molecule has 104 valence electrons. The SMILES string of the molecule is CCN(CC(C)CN)C(=O)C1Cc2ccccc2C1. The van der Waals surface area contributed by atoms with Crippen molar-refractivity contribution < 1.29 is 4.79 Å². The molecule has 0 fully saturated rings. The van der Waals surface area contributed by atoms with E-state index in [1.807, 2.05) is 11.8 Å². The molecule has 1 unspecified atom stereocenters. The second kappa shape index (κ2) is 6.20. The zero-order valence-electron chi connectivity index (χ0n) is 11.9. The first-order valence-corrected chi connectivity index (χ1v) is 7.21. The molecule has 0 spiro atoms.